The van der Waals surface area contributed by atoms with E-state index in [0.29, 0.717) is 12.1 Å². The van der Waals surface area contributed by atoms with E-state index < -0.39 is 0 Å². The molecule has 0 aliphatic heterocycles. The minimum atomic E-state index is -0.162. The van der Waals surface area contributed by atoms with Crippen LogP contribution in [-0.2, 0) is 6.54 Å². The standard InChI is InChI=1S/C15H13N3O2/c19-14-4-3-11-5-10(1-2-12(11)6-14)7-16-15(20)13-8-17-18-9-13/h1-6,8-9,19H,7H2,(H,16,20)(H,17,18). The van der Waals surface area contributed by atoms with Gasteiger partial charge < -0.3 is 10.4 Å². The van der Waals surface area contributed by atoms with E-state index in [-0.39, 0.29) is 11.7 Å². The van der Waals surface area contributed by atoms with E-state index in [1.807, 2.05) is 24.3 Å². The van der Waals surface area contributed by atoms with E-state index in [9.17, 15) is 9.90 Å². The zero-order valence-electron chi connectivity index (χ0n) is 10.6. The maximum absolute atomic E-state index is 11.8. The van der Waals surface area contributed by atoms with Crippen molar-refractivity contribution in [2.24, 2.45) is 0 Å². The Balaban J connectivity index is 1.75. The number of aromatic amines is 1. The number of nitrogens with zero attached hydrogens (tertiary/aromatic N) is 1. The van der Waals surface area contributed by atoms with Gasteiger partial charge in [0, 0.05) is 12.7 Å². The highest BCUT2D eigenvalue weighted by molar-refractivity contribution is 5.93. The Kier molecular flexibility index (Phi) is 3.09. The molecule has 1 aromatic heterocycles. The number of carbonyl (C=O) groups excluding carboxylic acids is 1. The van der Waals surface area contributed by atoms with Crippen LogP contribution >= 0.6 is 0 Å². The van der Waals surface area contributed by atoms with Crippen molar-refractivity contribution in [3.05, 3.63) is 59.9 Å². The topological polar surface area (TPSA) is 78.0 Å². The first-order chi connectivity index (χ1) is 9.72. The Labute approximate surface area is 115 Å². The third kappa shape index (κ3) is 2.47. The molecule has 3 rings (SSSR count). The van der Waals surface area contributed by atoms with Gasteiger partial charge in [-0.15, -0.1) is 0 Å². The number of nitrogens with one attached hydrogen (secondary N) is 2. The molecule has 1 heterocycles. The molecular formula is C15H13N3O2. The molecule has 0 bridgehead atoms. The third-order valence-corrected chi connectivity index (χ3v) is 3.10. The number of H-pyrrole nitrogens is 1. The second kappa shape index (κ2) is 5.05. The number of phenols is 1. The molecule has 0 aliphatic rings. The van der Waals surface area contributed by atoms with Crippen LogP contribution in [0.5, 0.6) is 5.75 Å². The van der Waals surface area contributed by atoms with E-state index in [2.05, 4.69) is 15.5 Å². The van der Waals surface area contributed by atoms with E-state index in [1.165, 1.54) is 6.20 Å². The summed E-state index contributed by atoms with van der Waals surface area (Å²) in [6.45, 7) is 0.445. The highest BCUT2D eigenvalue weighted by atomic mass is 16.3. The Morgan fingerprint density at radius 1 is 1.20 bits per heavy atom. The van der Waals surface area contributed by atoms with Crippen LogP contribution in [0, 0.1) is 0 Å². The zero-order valence-corrected chi connectivity index (χ0v) is 10.6. The smallest absolute Gasteiger partial charge is 0.254 e. The second-order valence-corrected chi connectivity index (χ2v) is 4.54. The van der Waals surface area contributed by atoms with Crippen molar-refractivity contribution in [1.82, 2.24) is 15.5 Å². The van der Waals surface area contributed by atoms with Gasteiger partial charge in [-0.2, -0.15) is 5.10 Å². The number of phenolic OH excluding ortho intramolecular Hbond substituents is 1. The predicted octanol–water partition coefficient (Wildman–Crippen LogP) is 2.20. The van der Waals surface area contributed by atoms with Crippen molar-refractivity contribution >= 4 is 16.7 Å². The quantitative estimate of drug-likeness (QED) is 0.680. The van der Waals surface area contributed by atoms with Crippen LogP contribution in [0.2, 0.25) is 0 Å². The first-order valence-electron chi connectivity index (χ1n) is 6.21. The van der Waals surface area contributed by atoms with Crippen LogP contribution in [0.4, 0.5) is 0 Å². The molecule has 5 nitrogen and oxygen atoms in total. The van der Waals surface area contributed by atoms with Gasteiger partial charge in [0.1, 0.15) is 5.75 Å². The maximum atomic E-state index is 11.8. The Morgan fingerprint density at radius 2 is 2.00 bits per heavy atom. The SMILES string of the molecule is O=C(NCc1ccc2cc(O)ccc2c1)c1cn[nH]c1. The second-order valence-electron chi connectivity index (χ2n) is 4.54. The summed E-state index contributed by atoms with van der Waals surface area (Å²) >= 11 is 0. The molecule has 0 atom stereocenters. The lowest BCUT2D eigenvalue weighted by atomic mass is 10.1. The van der Waals surface area contributed by atoms with Crippen LogP contribution in [0.3, 0.4) is 0 Å². The van der Waals surface area contributed by atoms with Crippen LogP contribution in [0.15, 0.2) is 48.8 Å². The van der Waals surface area contributed by atoms with E-state index in [0.717, 1.165) is 16.3 Å². The van der Waals surface area contributed by atoms with Gasteiger partial charge in [-0.05, 0) is 34.5 Å². The molecule has 0 saturated carbocycles. The van der Waals surface area contributed by atoms with Crippen LogP contribution in [-0.4, -0.2) is 21.2 Å². The summed E-state index contributed by atoms with van der Waals surface area (Å²) in [6, 6.07) is 11.1. The molecule has 2 aromatic carbocycles. The number of fused-ring (bicyclic) bond motifs is 1. The predicted molar refractivity (Wildman–Crippen MR) is 75.4 cm³/mol. The number of hydrogen-bond acceptors (Lipinski definition) is 3. The van der Waals surface area contributed by atoms with E-state index in [4.69, 9.17) is 0 Å². The van der Waals surface area contributed by atoms with Gasteiger partial charge >= 0.3 is 0 Å². The monoisotopic (exact) mass is 267 g/mol. The molecule has 0 fully saturated rings. The van der Waals surface area contributed by atoms with Crippen molar-refractivity contribution in [3.8, 4) is 5.75 Å². The number of hydrogen-bond donors (Lipinski definition) is 3. The van der Waals surface area contributed by atoms with Crippen LogP contribution in [0.25, 0.3) is 10.8 Å². The molecule has 100 valence electrons. The minimum absolute atomic E-state index is 0.162. The normalized spacial score (nSPS) is 10.6. The van der Waals surface area contributed by atoms with Gasteiger partial charge in [-0.3, -0.25) is 9.89 Å². The third-order valence-electron chi connectivity index (χ3n) is 3.10. The molecule has 5 heteroatoms. The summed E-state index contributed by atoms with van der Waals surface area (Å²) in [5, 5.41) is 20.6. The molecule has 3 N–H and O–H groups in total. The van der Waals surface area contributed by atoms with Gasteiger partial charge in [-0.1, -0.05) is 18.2 Å². The van der Waals surface area contributed by atoms with Gasteiger partial charge in [-0.25, -0.2) is 0 Å². The molecule has 0 spiro atoms. The summed E-state index contributed by atoms with van der Waals surface area (Å²) in [5.74, 6) is 0.0862. The molecule has 1 amide bonds. The fourth-order valence-corrected chi connectivity index (χ4v) is 2.05. The van der Waals surface area contributed by atoms with Gasteiger partial charge in [0.05, 0.1) is 11.8 Å². The fraction of sp³-hybridized carbons (Fsp3) is 0.0667. The maximum Gasteiger partial charge on any atom is 0.254 e. The number of aromatic hydroxyl groups is 1. The highest BCUT2D eigenvalue weighted by Crippen LogP contribution is 2.21. The van der Waals surface area contributed by atoms with Gasteiger partial charge in [0.15, 0.2) is 0 Å². The lowest BCUT2D eigenvalue weighted by Gasteiger charge is -2.06. The van der Waals surface area contributed by atoms with Crippen molar-refractivity contribution in [2.45, 2.75) is 6.54 Å². The molecular weight excluding hydrogens is 254 g/mol. The molecule has 3 aromatic rings. The molecule has 0 radical (unpaired) electrons. The fourth-order valence-electron chi connectivity index (χ4n) is 2.05. The number of amides is 1. The first-order valence-corrected chi connectivity index (χ1v) is 6.21. The Morgan fingerprint density at radius 3 is 2.80 bits per heavy atom. The van der Waals surface area contributed by atoms with Crippen molar-refractivity contribution in [3.63, 3.8) is 0 Å². The largest absolute Gasteiger partial charge is 0.508 e. The van der Waals surface area contributed by atoms with Gasteiger partial charge in [0.2, 0.25) is 0 Å². The summed E-state index contributed by atoms with van der Waals surface area (Å²) in [7, 11) is 0. The van der Waals surface area contributed by atoms with Crippen LogP contribution in [0.1, 0.15) is 15.9 Å². The first kappa shape index (κ1) is 12.2. The number of benzene rings is 2. The van der Waals surface area contributed by atoms with Crippen molar-refractivity contribution < 1.29 is 9.90 Å². The average Bonchev–Trinajstić information content (AvgIpc) is 2.99. The summed E-state index contributed by atoms with van der Waals surface area (Å²) in [6.07, 6.45) is 3.04. The molecule has 0 saturated heterocycles. The Bertz CT molecular complexity index is 751. The summed E-state index contributed by atoms with van der Waals surface area (Å²) in [4.78, 5) is 11.8. The lowest BCUT2D eigenvalue weighted by Crippen LogP contribution is -2.22. The van der Waals surface area contributed by atoms with Crippen molar-refractivity contribution in [1.29, 1.82) is 0 Å². The summed E-state index contributed by atoms with van der Waals surface area (Å²) in [5.41, 5.74) is 1.51. The minimum Gasteiger partial charge on any atom is -0.508 e. The highest BCUT2D eigenvalue weighted by Gasteiger charge is 2.06. The molecule has 0 aliphatic carbocycles. The Hall–Kier alpha value is -2.82. The van der Waals surface area contributed by atoms with E-state index in [1.54, 1.807) is 18.3 Å². The molecule has 0 unspecified atom stereocenters. The average molecular weight is 267 g/mol. The van der Waals surface area contributed by atoms with E-state index >= 15 is 0 Å². The molecule has 20 heavy (non-hydrogen) atoms. The summed E-state index contributed by atoms with van der Waals surface area (Å²) < 4.78 is 0. The van der Waals surface area contributed by atoms with Crippen LogP contribution < -0.4 is 5.32 Å². The lowest BCUT2D eigenvalue weighted by molar-refractivity contribution is 0.0951. The zero-order chi connectivity index (χ0) is 13.9. The number of carbonyl (C=O) groups is 1. The number of rotatable bonds is 3. The number of aromatic nitrogens is 2. The van der Waals surface area contributed by atoms with Crippen molar-refractivity contribution in [2.75, 3.05) is 0 Å². The van der Waals surface area contributed by atoms with Gasteiger partial charge in [0.25, 0.3) is 5.91 Å².